The molecule has 0 radical (unpaired) electrons. The first-order chi connectivity index (χ1) is 23.1. The Balaban J connectivity index is 1.55. The van der Waals surface area contributed by atoms with Gasteiger partial charge >= 0.3 is 6.03 Å². The number of nitrogens with zero attached hydrogens (tertiary/aromatic N) is 3. The highest BCUT2D eigenvalue weighted by Crippen LogP contribution is 2.36. The van der Waals surface area contributed by atoms with Gasteiger partial charge in [-0.05, 0) is 90.1 Å². The fourth-order valence-electron chi connectivity index (χ4n) is 5.97. The zero-order valence-corrected chi connectivity index (χ0v) is 28.9. The molecule has 48 heavy (non-hydrogen) atoms. The topological polar surface area (TPSA) is 98.1 Å². The molecular formula is C40H47N5O3. The van der Waals surface area contributed by atoms with Crippen LogP contribution in [-0.2, 0) is 13.0 Å². The van der Waals surface area contributed by atoms with Crippen molar-refractivity contribution in [1.82, 2.24) is 14.5 Å². The van der Waals surface area contributed by atoms with E-state index in [1.54, 1.807) is 17.0 Å². The maximum absolute atomic E-state index is 14.4. The number of rotatable bonds is 13. The second kappa shape index (κ2) is 15.7. The average molecular weight is 646 g/mol. The van der Waals surface area contributed by atoms with Crippen LogP contribution in [0.15, 0.2) is 90.0 Å². The van der Waals surface area contributed by atoms with E-state index in [1.807, 2.05) is 72.8 Å². The quantitative estimate of drug-likeness (QED) is 0.124. The third-order valence-electron chi connectivity index (χ3n) is 8.50. The summed E-state index contributed by atoms with van der Waals surface area (Å²) < 4.78 is 7.85. The standard InChI is InChI=1S/C40H47N5O3/c1-26(2)20-23-45-38-34(19-11-22-42-38)35(29-13-9-16-31(25-29)48-24-12-15-30-14-7-8-21-41-30)37(39(45)46)44-40(47)43-36-32(27(3)4)17-10-18-33(36)28(5)6/h7-11,13-14,16-19,21-22,25-28H,12,15,20,23-24H2,1-6H3,(H2,43,44,47). The minimum atomic E-state index is -0.469. The maximum atomic E-state index is 14.4. The number of anilines is 2. The summed E-state index contributed by atoms with van der Waals surface area (Å²) in [5.74, 6) is 1.45. The van der Waals surface area contributed by atoms with Crippen molar-refractivity contribution in [3.63, 3.8) is 0 Å². The smallest absolute Gasteiger partial charge is 0.323 e. The van der Waals surface area contributed by atoms with Crippen LogP contribution < -0.4 is 20.9 Å². The molecule has 0 unspecified atom stereocenters. The molecule has 0 aliphatic rings. The van der Waals surface area contributed by atoms with Gasteiger partial charge in [0.05, 0.1) is 6.61 Å². The van der Waals surface area contributed by atoms with Crippen molar-refractivity contribution in [1.29, 1.82) is 0 Å². The molecule has 5 rings (SSSR count). The Morgan fingerprint density at radius 1 is 0.812 bits per heavy atom. The second-order valence-corrected chi connectivity index (χ2v) is 13.3. The number of carbonyl (C=O) groups is 1. The predicted molar refractivity (Wildman–Crippen MR) is 196 cm³/mol. The first kappa shape index (κ1) is 34.4. The summed E-state index contributed by atoms with van der Waals surface area (Å²) in [6, 6.07) is 23.1. The number of ether oxygens (including phenoxy) is 1. The molecule has 3 aromatic heterocycles. The van der Waals surface area contributed by atoms with Crippen LogP contribution in [0.25, 0.3) is 22.2 Å². The van der Waals surface area contributed by atoms with Gasteiger partial charge in [0, 0.05) is 41.3 Å². The molecule has 2 aromatic carbocycles. The molecule has 8 heteroatoms. The Labute approximate surface area is 283 Å². The summed E-state index contributed by atoms with van der Waals surface area (Å²) in [4.78, 5) is 37.4. The fraction of sp³-hybridized carbons (Fsp3) is 0.350. The van der Waals surface area contributed by atoms with Crippen molar-refractivity contribution in [2.24, 2.45) is 5.92 Å². The molecule has 0 saturated carbocycles. The van der Waals surface area contributed by atoms with Crippen LogP contribution in [0, 0.1) is 5.92 Å². The Bertz CT molecular complexity index is 1890. The molecule has 8 nitrogen and oxygen atoms in total. The highest BCUT2D eigenvalue weighted by molar-refractivity contribution is 6.07. The zero-order chi connectivity index (χ0) is 34.2. The fourth-order valence-corrected chi connectivity index (χ4v) is 5.97. The summed E-state index contributed by atoms with van der Waals surface area (Å²) >= 11 is 0. The van der Waals surface area contributed by atoms with Gasteiger partial charge in [-0.1, -0.05) is 77.9 Å². The van der Waals surface area contributed by atoms with Crippen molar-refractivity contribution >= 4 is 28.4 Å². The van der Waals surface area contributed by atoms with Gasteiger partial charge in [0.1, 0.15) is 17.1 Å². The SMILES string of the molecule is CC(C)CCn1c(=O)c(NC(=O)Nc2c(C(C)C)cccc2C(C)C)c(-c2cccc(OCCCc3ccccn3)c2)c2cccnc21. The van der Waals surface area contributed by atoms with Gasteiger partial charge in [0.2, 0.25) is 0 Å². The minimum Gasteiger partial charge on any atom is -0.494 e. The summed E-state index contributed by atoms with van der Waals surface area (Å²) in [7, 11) is 0. The number of aryl methyl sites for hydroxylation is 2. The summed E-state index contributed by atoms with van der Waals surface area (Å²) in [6.07, 6.45) is 5.91. The van der Waals surface area contributed by atoms with Crippen molar-refractivity contribution in [3.05, 3.63) is 112 Å². The van der Waals surface area contributed by atoms with Crippen LogP contribution in [0.5, 0.6) is 5.75 Å². The number of amides is 2. The minimum absolute atomic E-state index is 0.196. The molecule has 5 aromatic rings. The molecule has 0 saturated heterocycles. The number of aromatic nitrogens is 3. The number of hydrogen-bond donors (Lipinski definition) is 2. The average Bonchev–Trinajstić information content (AvgIpc) is 3.07. The molecule has 250 valence electrons. The van der Waals surface area contributed by atoms with E-state index < -0.39 is 6.03 Å². The molecule has 2 N–H and O–H groups in total. The molecule has 0 aliphatic carbocycles. The number of para-hydroxylation sites is 1. The lowest BCUT2D eigenvalue weighted by Gasteiger charge is -2.22. The van der Waals surface area contributed by atoms with Crippen LogP contribution in [-0.4, -0.2) is 27.2 Å². The van der Waals surface area contributed by atoms with Crippen molar-refractivity contribution in [2.45, 2.75) is 79.2 Å². The van der Waals surface area contributed by atoms with E-state index in [2.05, 4.69) is 62.1 Å². The number of urea groups is 1. The molecule has 0 atom stereocenters. The lowest BCUT2D eigenvalue weighted by Crippen LogP contribution is -2.30. The van der Waals surface area contributed by atoms with Gasteiger partial charge < -0.3 is 15.4 Å². The van der Waals surface area contributed by atoms with Gasteiger partial charge in [0.15, 0.2) is 0 Å². The predicted octanol–water partition coefficient (Wildman–Crippen LogP) is 9.41. The first-order valence-electron chi connectivity index (χ1n) is 17.0. The van der Waals surface area contributed by atoms with Gasteiger partial charge in [-0.2, -0.15) is 0 Å². The lowest BCUT2D eigenvalue weighted by molar-refractivity contribution is 0.262. The maximum Gasteiger partial charge on any atom is 0.323 e. The van der Waals surface area contributed by atoms with E-state index >= 15 is 0 Å². The van der Waals surface area contributed by atoms with E-state index in [-0.39, 0.29) is 23.1 Å². The van der Waals surface area contributed by atoms with Gasteiger partial charge in [-0.15, -0.1) is 0 Å². The van der Waals surface area contributed by atoms with Crippen LogP contribution in [0.1, 0.15) is 83.0 Å². The monoisotopic (exact) mass is 645 g/mol. The largest absolute Gasteiger partial charge is 0.494 e. The number of pyridine rings is 3. The third kappa shape index (κ3) is 8.11. The molecule has 0 bridgehead atoms. The van der Waals surface area contributed by atoms with Gasteiger partial charge in [-0.25, -0.2) is 9.78 Å². The van der Waals surface area contributed by atoms with Crippen molar-refractivity contribution in [3.8, 4) is 16.9 Å². The second-order valence-electron chi connectivity index (χ2n) is 13.3. The Morgan fingerprint density at radius 2 is 1.52 bits per heavy atom. The van der Waals surface area contributed by atoms with Gasteiger partial charge in [-0.3, -0.25) is 14.3 Å². The molecule has 0 fully saturated rings. The highest BCUT2D eigenvalue weighted by Gasteiger charge is 2.23. The molecule has 2 amide bonds. The van der Waals surface area contributed by atoms with E-state index in [4.69, 9.17) is 4.74 Å². The number of benzene rings is 2. The molecule has 0 spiro atoms. The van der Waals surface area contributed by atoms with Crippen molar-refractivity contribution in [2.75, 3.05) is 17.2 Å². The zero-order valence-electron chi connectivity index (χ0n) is 28.9. The van der Waals surface area contributed by atoms with Crippen LogP contribution in [0.2, 0.25) is 0 Å². The third-order valence-corrected chi connectivity index (χ3v) is 8.50. The highest BCUT2D eigenvalue weighted by atomic mass is 16.5. The lowest BCUT2D eigenvalue weighted by atomic mass is 9.93. The number of nitrogens with one attached hydrogen (secondary N) is 2. The Hall–Kier alpha value is -4.98. The number of fused-ring (bicyclic) bond motifs is 1. The Kier molecular flexibility index (Phi) is 11.3. The first-order valence-corrected chi connectivity index (χ1v) is 17.0. The van der Waals surface area contributed by atoms with Crippen LogP contribution >= 0.6 is 0 Å². The van der Waals surface area contributed by atoms with E-state index in [1.165, 1.54) is 0 Å². The Morgan fingerprint density at radius 3 is 2.21 bits per heavy atom. The molecule has 0 aliphatic heterocycles. The van der Waals surface area contributed by atoms with E-state index in [9.17, 15) is 9.59 Å². The van der Waals surface area contributed by atoms with Gasteiger partial charge in [0.25, 0.3) is 5.56 Å². The molecule has 3 heterocycles. The molecular weight excluding hydrogens is 598 g/mol. The van der Waals surface area contributed by atoms with Crippen LogP contribution in [0.4, 0.5) is 16.2 Å². The summed E-state index contributed by atoms with van der Waals surface area (Å²) in [6.45, 7) is 13.7. The number of hydrogen-bond acceptors (Lipinski definition) is 5. The number of carbonyl (C=O) groups excluding carboxylic acids is 1. The summed E-state index contributed by atoms with van der Waals surface area (Å²) in [5, 5.41) is 6.91. The van der Waals surface area contributed by atoms with E-state index in [0.717, 1.165) is 52.7 Å². The normalized spacial score (nSPS) is 11.4. The summed E-state index contributed by atoms with van der Waals surface area (Å²) in [5.41, 5.74) is 5.75. The van der Waals surface area contributed by atoms with Crippen LogP contribution in [0.3, 0.4) is 0 Å². The van der Waals surface area contributed by atoms with E-state index in [0.29, 0.717) is 36.0 Å². The van der Waals surface area contributed by atoms with Crippen molar-refractivity contribution < 1.29 is 9.53 Å².